The van der Waals surface area contributed by atoms with Gasteiger partial charge in [-0.3, -0.25) is 0 Å². The highest BCUT2D eigenvalue weighted by atomic mass is 16.5. The average Bonchev–Trinajstić information content (AvgIpc) is 2.49. The maximum absolute atomic E-state index is 6.00. The molecule has 1 unspecified atom stereocenters. The maximum atomic E-state index is 6.00. The van der Waals surface area contributed by atoms with Crippen molar-refractivity contribution >= 4 is 0 Å². The molecular weight excluding hydrogens is 246 g/mol. The predicted molar refractivity (Wildman–Crippen MR) is 85.4 cm³/mol. The molecule has 1 aromatic rings. The third-order valence-electron chi connectivity index (χ3n) is 4.40. The van der Waals surface area contributed by atoms with Crippen molar-refractivity contribution in [3.63, 3.8) is 0 Å². The number of rotatable bonds is 7. The van der Waals surface area contributed by atoms with Gasteiger partial charge in [-0.05, 0) is 44.2 Å². The topological polar surface area (TPSA) is 21.3 Å². The van der Waals surface area contributed by atoms with Crippen LogP contribution in [0.15, 0.2) is 18.2 Å². The van der Waals surface area contributed by atoms with E-state index in [0.717, 1.165) is 25.2 Å². The van der Waals surface area contributed by atoms with Gasteiger partial charge in [-0.2, -0.15) is 0 Å². The van der Waals surface area contributed by atoms with Crippen LogP contribution in [-0.4, -0.2) is 13.7 Å². The number of nitrogens with one attached hydrogen (secondary N) is 1. The summed E-state index contributed by atoms with van der Waals surface area (Å²) < 4.78 is 6.00. The monoisotopic (exact) mass is 275 g/mol. The lowest BCUT2D eigenvalue weighted by atomic mass is 9.84. The molecule has 0 radical (unpaired) electrons. The van der Waals surface area contributed by atoms with E-state index in [1.807, 2.05) is 0 Å². The van der Waals surface area contributed by atoms with Crippen LogP contribution in [0.3, 0.4) is 0 Å². The molecule has 1 aliphatic rings. The van der Waals surface area contributed by atoms with E-state index in [0.29, 0.717) is 12.0 Å². The van der Waals surface area contributed by atoms with Crippen LogP contribution in [0.2, 0.25) is 0 Å². The minimum Gasteiger partial charge on any atom is -0.493 e. The second-order valence-electron chi connectivity index (χ2n) is 5.89. The molecule has 2 rings (SSSR count). The molecule has 0 amide bonds. The Kier molecular flexibility index (Phi) is 5.90. The number of ether oxygens (including phenoxy) is 1. The number of benzene rings is 1. The fourth-order valence-electron chi connectivity index (χ4n) is 3.52. The summed E-state index contributed by atoms with van der Waals surface area (Å²) in [5.41, 5.74) is 2.76. The Balaban J connectivity index is 2.30. The van der Waals surface area contributed by atoms with Gasteiger partial charge in [-0.25, -0.2) is 0 Å². The minimum atomic E-state index is 0.419. The van der Waals surface area contributed by atoms with Crippen molar-refractivity contribution in [3.8, 4) is 5.75 Å². The molecule has 0 aromatic heterocycles. The highest BCUT2D eigenvalue weighted by molar-refractivity contribution is 5.44. The normalized spacial score (nSPS) is 15.8. The van der Waals surface area contributed by atoms with E-state index in [9.17, 15) is 0 Å². The van der Waals surface area contributed by atoms with Gasteiger partial charge in [0.25, 0.3) is 0 Å². The first-order valence-electron chi connectivity index (χ1n) is 8.23. The Morgan fingerprint density at radius 1 is 1.20 bits per heavy atom. The molecule has 0 spiro atoms. The van der Waals surface area contributed by atoms with Crippen molar-refractivity contribution in [2.75, 3.05) is 13.7 Å². The summed E-state index contributed by atoms with van der Waals surface area (Å²) in [6.07, 6.45) is 7.36. The van der Waals surface area contributed by atoms with Gasteiger partial charge < -0.3 is 10.1 Å². The number of hydrogen-bond donors (Lipinski definition) is 1. The van der Waals surface area contributed by atoms with E-state index in [1.165, 1.54) is 36.8 Å². The van der Waals surface area contributed by atoms with E-state index in [2.05, 4.69) is 44.4 Å². The summed E-state index contributed by atoms with van der Waals surface area (Å²) in [6, 6.07) is 7.09. The molecule has 0 aliphatic carbocycles. The van der Waals surface area contributed by atoms with Gasteiger partial charge >= 0.3 is 0 Å². The van der Waals surface area contributed by atoms with Crippen LogP contribution in [0.25, 0.3) is 0 Å². The molecule has 0 saturated heterocycles. The second kappa shape index (κ2) is 7.68. The van der Waals surface area contributed by atoms with Crippen LogP contribution in [0.5, 0.6) is 5.75 Å². The highest BCUT2D eigenvalue weighted by Gasteiger charge is 2.25. The minimum absolute atomic E-state index is 0.419. The van der Waals surface area contributed by atoms with Gasteiger partial charge in [0.2, 0.25) is 0 Å². The standard InChI is InChI=1S/C18H29NO/c1-4-8-14(9-5-2)17(19-3)16-12-6-10-15-11-7-13-20-18(15)16/h6,10,12,14,17,19H,4-5,7-9,11,13H2,1-3H3. The molecule has 112 valence electrons. The van der Waals surface area contributed by atoms with Gasteiger partial charge in [-0.1, -0.05) is 44.9 Å². The van der Waals surface area contributed by atoms with Crippen molar-refractivity contribution in [3.05, 3.63) is 29.3 Å². The van der Waals surface area contributed by atoms with Gasteiger partial charge in [0.05, 0.1) is 6.61 Å². The molecule has 1 atom stereocenters. The summed E-state index contributed by atoms with van der Waals surface area (Å²) in [6.45, 7) is 5.44. The summed E-state index contributed by atoms with van der Waals surface area (Å²) in [5, 5.41) is 3.56. The fraction of sp³-hybridized carbons (Fsp3) is 0.667. The van der Waals surface area contributed by atoms with Gasteiger partial charge in [0, 0.05) is 11.6 Å². The molecule has 1 N–H and O–H groups in total. The molecule has 0 bridgehead atoms. The second-order valence-corrected chi connectivity index (χ2v) is 5.89. The zero-order valence-corrected chi connectivity index (χ0v) is 13.2. The molecular formula is C18H29NO. The summed E-state index contributed by atoms with van der Waals surface area (Å²) in [4.78, 5) is 0. The van der Waals surface area contributed by atoms with Crippen LogP contribution in [-0.2, 0) is 6.42 Å². The smallest absolute Gasteiger partial charge is 0.127 e. The van der Waals surface area contributed by atoms with E-state index in [4.69, 9.17) is 4.74 Å². The molecule has 1 aliphatic heterocycles. The zero-order chi connectivity index (χ0) is 14.4. The fourth-order valence-corrected chi connectivity index (χ4v) is 3.52. The molecule has 20 heavy (non-hydrogen) atoms. The lowest BCUT2D eigenvalue weighted by molar-refractivity contribution is 0.269. The van der Waals surface area contributed by atoms with Crippen LogP contribution >= 0.6 is 0 Å². The maximum Gasteiger partial charge on any atom is 0.127 e. The third kappa shape index (κ3) is 3.35. The lowest BCUT2D eigenvalue weighted by Gasteiger charge is -2.30. The lowest BCUT2D eigenvalue weighted by Crippen LogP contribution is -2.27. The van der Waals surface area contributed by atoms with Crippen LogP contribution < -0.4 is 10.1 Å². The molecule has 0 saturated carbocycles. The van der Waals surface area contributed by atoms with Crippen LogP contribution in [0.4, 0.5) is 0 Å². The quantitative estimate of drug-likeness (QED) is 0.791. The van der Waals surface area contributed by atoms with Crippen molar-refractivity contribution in [1.29, 1.82) is 0 Å². The first-order chi connectivity index (χ1) is 9.81. The number of fused-ring (bicyclic) bond motifs is 1. The Labute approximate surface area is 123 Å². The molecule has 1 aromatic carbocycles. The SMILES string of the molecule is CCCC(CCC)C(NC)c1cccc2c1OCCC2. The summed E-state index contributed by atoms with van der Waals surface area (Å²) >= 11 is 0. The first-order valence-corrected chi connectivity index (χ1v) is 8.23. The average molecular weight is 275 g/mol. The van der Waals surface area contributed by atoms with Gasteiger partial charge in [0.15, 0.2) is 0 Å². The Hall–Kier alpha value is -1.02. The van der Waals surface area contributed by atoms with Crippen LogP contribution in [0, 0.1) is 5.92 Å². The number of aryl methyl sites for hydroxylation is 1. The summed E-state index contributed by atoms with van der Waals surface area (Å²) in [5.74, 6) is 1.86. The van der Waals surface area contributed by atoms with Crippen molar-refractivity contribution in [2.24, 2.45) is 5.92 Å². The van der Waals surface area contributed by atoms with Crippen molar-refractivity contribution < 1.29 is 4.74 Å². The third-order valence-corrected chi connectivity index (χ3v) is 4.40. The highest BCUT2D eigenvalue weighted by Crippen LogP contribution is 2.38. The van der Waals surface area contributed by atoms with Gasteiger partial charge in [0.1, 0.15) is 5.75 Å². The molecule has 2 nitrogen and oxygen atoms in total. The van der Waals surface area contributed by atoms with E-state index in [-0.39, 0.29) is 0 Å². The van der Waals surface area contributed by atoms with Crippen molar-refractivity contribution in [2.45, 2.75) is 58.4 Å². The first kappa shape index (κ1) is 15.4. The summed E-state index contributed by atoms with van der Waals surface area (Å²) in [7, 11) is 2.09. The zero-order valence-electron chi connectivity index (χ0n) is 13.2. The Morgan fingerprint density at radius 2 is 1.95 bits per heavy atom. The van der Waals surface area contributed by atoms with Crippen molar-refractivity contribution in [1.82, 2.24) is 5.32 Å². The van der Waals surface area contributed by atoms with Crippen LogP contribution in [0.1, 0.15) is 63.1 Å². The number of para-hydroxylation sites is 1. The van der Waals surface area contributed by atoms with E-state index < -0.39 is 0 Å². The molecule has 0 fully saturated rings. The Morgan fingerprint density at radius 3 is 2.60 bits per heavy atom. The predicted octanol–water partition coefficient (Wildman–Crippen LogP) is 4.49. The van der Waals surface area contributed by atoms with E-state index in [1.54, 1.807) is 0 Å². The Bertz CT molecular complexity index is 410. The van der Waals surface area contributed by atoms with E-state index >= 15 is 0 Å². The van der Waals surface area contributed by atoms with Gasteiger partial charge in [-0.15, -0.1) is 0 Å². The number of hydrogen-bond acceptors (Lipinski definition) is 2. The molecule has 2 heteroatoms. The largest absolute Gasteiger partial charge is 0.493 e. The molecule has 1 heterocycles.